The van der Waals surface area contributed by atoms with Gasteiger partial charge < -0.3 is 10.1 Å². The Balaban J connectivity index is 1.69. The summed E-state index contributed by atoms with van der Waals surface area (Å²) in [4.78, 5) is 0. The molecule has 0 amide bonds. The Morgan fingerprint density at radius 2 is 2.26 bits per heavy atom. The van der Waals surface area contributed by atoms with Gasteiger partial charge in [0, 0.05) is 17.6 Å². The number of nitrogens with one attached hydrogen (secondary N) is 2. The zero-order valence-electron chi connectivity index (χ0n) is 10.4. The van der Waals surface area contributed by atoms with E-state index >= 15 is 0 Å². The van der Waals surface area contributed by atoms with Crippen LogP contribution in [-0.4, -0.2) is 30.6 Å². The van der Waals surface area contributed by atoms with Crippen molar-refractivity contribution in [3.05, 3.63) is 34.3 Å². The first kappa shape index (κ1) is 14.4. The highest BCUT2D eigenvalue weighted by Crippen LogP contribution is 2.10. The van der Waals surface area contributed by atoms with E-state index in [9.17, 15) is 0 Å². The summed E-state index contributed by atoms with van der Waals surface area (Å²) in [6.45, 7) is 1.59. The molecule has 0 aromatic heterocycles. The fourth-order valence-electron chi connectivity index (χ4n) is 1.77. The van der Waals surface area contributed by atoms with E-state index in [1.54, 1.807) is 6.21 Å². The van der Waals surface area contributed by atoms with Crippen molar-refractivity contribution in [2.75, 3.05) is 13.2 Å². The number of ether oxygens (including phenoxy) is 1. The molecule has 0 unspecified atom stereocenters. The average molecular weight is 342 g/mol. The van der Waals surface area contributed by atoms with Gasteiger partial charge in [-0.25, -0.2) is 0 Å². The number of hydrogen-bond acceptors (Lipinski definition) is 3. The first-order valence-electron chi connectivity index (χ1n) is 6.18. The number of halogens is 1. The van der Waals surface area contributed by atoms with Crippen molar-refractivity contribution in [1.29, 1.82) is 0 Å². The maximum Gasteiger partial charge on any atom is 0.187 e. The van der Waals surface area contributed by atoms with Gasteiger partial charge in [0.15, 0.2) is 5.11 Å². The fraction of sp³-hybridized carbons (Fsp3) is 0.385. The zero-order valence-corrected chi connectivity index (χ0v) is 12.8. The number of benzene rings is 1. The molecule has 1 aliphatic heterocycles. The summed E-state index contributed by atoms with van der Waals surface area (Å²) in [5.41, 5.74) is 3.80. The SMILES string of the molecule is S=C(NC[C@H]1CCCO1)N/N=C\c1ccc(Br)cc1. The van der Waals surface area contributed by atoms with Gasteiger partial charge >= 0.3 is 0 Å². The third-order valence-corrected chi connectivity index (χ3v) is 3.53. The number of rotatable bonds is 4. The van der Waals surface area contributed by atoms with Gasteiger partial charge in [-0.1, -0.05) is 28.1 Å². The fourth-order valence-corrected chi connectivity index (χ4v) is 2.17. The van der Waals surface area contributed by atoms with E-state index in [1.807, 2.05) is 24.3 Å². The first-order valence-corrected chi connectivity index (χ1v) is 7.38. The molecule has 19 heavy (non-hydrogen) atoms. The summed E-state index contributed by atoms with van der Waals surface area (Å²) in [7, 11) is 0. The lowest BCUT2D eigenvalue weighted by Gasteiger charge is -2.11. The van der Waals surface area contributed by atoms with Gasteiger partial charge in [-0.3, -0.25) is 5.43 Å². The van der Waals surface area contributed by atoms with Gasteiger partial charge in [-0.2, -0.15) is 5.10 Å². The molecule has 0 bridgehead atoms. The maximum absolute atomic E-state index is 5.50. The number of nitrogens with zero attached hydrogens (tertiary/aromatic N) is 1. The largest absolute Gasteiger partial charge is 0.376 e. The summed E-state index contributed by atoms with van der Waals surface area (Å²) in [5.74, 6) is 0. The minimum Gasteiger partial charge on any atom is -0.376 e. The molecule has 1 heterocycles. The first-order chi connectivity index (χ1) is 9.24. The van der Waals surface area contributed by atoms with Crippen LogP contribution < -0.4 is 10.7 Å². The normalized spacial score (nSPS) is 18.7. The van der Waals surface area contributed by atoms with E-state index in [1.165, 1.54) is 0 Å². The molecular weight excluding hydrogens is 326 g/mol. The molecule has 1 fully saturated rings. The van der Waals surface area contributed by atoms with Gasteiger partial charge in [-0.15, -0.1) is 0 Å². The van der Waals surface area contributed by atoms with Crippen LogP contribution in [0.2, 0.25) is 0 Å². The molecule has 0 aliphatic carbocycles. The van der Waals surface area contributed by atoms with E-state index in [0.29, 0.717) is 5.11 Å². The second-order valence-corrected chi connectivity index (χ2v) is 5.59. The second kappa shape index (κ2) is 7.57. The molecule has 1 aliphatic rings. The Hall–Kier alpha value is -0.980. The molecule has 1 atom stereocenters. The van der Waals surface area contributed by atoms with Crippen molar-refractivity contribution in [2.24, 2.45) is 5.10 Å². The van der Waals surface area contributed by atoms with Crippen molar-refractivity contribution in [3.8, 4) is 0 Å². The molecule has 6 heteroatoms. The van der Waals surface area contributed by atoms with E-state index in [4.69, 9.17) is 17.0 Å². The van der Waals surface area contributed by atoms with E-state index in [2.05, 4.69) is 31.8 Å². The van der Waals surface area contributed by atoms with Crippen LogP contribution in [0.3, 0.4) is 0 Å². The molecule has 4 nitrogen and oxygen atoms in total. The molecule has 0 saturated carbocycles. The van der Waals surface area contributed by atoms with Crippen molar-refractivity contribution < 1.29 is 4.74 Å². The molecule has 0 spiro atoms. The van der Waals surface area contributed by atoms with Crippen LogP contribution in [0.1, 0.15) is 18.4 Å². The Labute approximate surface area is 126 Å². The summed E-state index contributed by atoms with van der Waals surface area (Å²) in [5, 5.41) is 7.69. The lowest BCUT2D eigenvalue weighted by atomic mass is 10.2. The Bertz CT molecular complexity index is 444. The number of hydrogen-bond donors (Lipinski definition) is 2. The smallest absolute Gasteiger partial charge is 0.187 e. The lowest BCUT2D eigenvalue weighted by Crippen LogP contribution is -2.37. The van der Waals surface area contributed by atoms with Gasteiger partial charge in [0.1, 0.15) is 0 Å². The van der Waals surface area contributed by atoms with Crippen LogP contribution in [0.5, 0.6) is 0 Å². The summed E-state index contributed by atoms with van der Waals surface area (Å²) < 4.78 is 6.54. The van der Waals surface area contributed by atoms with Crippen LogP contribution in [0.4, 0.5) is 0 Å². The number of hydrazone groups is 1. The average Bonchev–Trinajstić information content (AvgIpc) is 2.92. The van der Waals surface area contributed by atoms with Crippen molar-refractivity contribution in [2.45, 2.75) is 18.9 Å². The molecule has 2 rings (SSSR count). The van der Waals surface area contributed by atoms with Crippen LogP contribution >= 0.6 is 28.1 Å². The topological polar surface area (TPSA) is 45.6 Å². The van der Waals surface area contributed by atoms with E-state index in [-0.39, 0.29) is 6.10 Å². The van der Waals surface area contributed by atoms with Gasteiger partial charge in [-0.05, 0) is 42.8 Å². The Kier molecular flexibility index (Phi) is 5.75. The highest BCUT2D eigenvalue weighted by Gasteiger charge is 2.14. The minimum absolute atomic E-state index is 0.273. The van der Waals surface area contributed by atoms with Gasteiger partial charge in [0.05, 0.1) is 12.3 Å². The lowest BCUT2D eigenvalue weighted by molar-refractivity contribution is 0.114. The van der Waals surface area contributed by atoms with Gasteiger partial charge in [0.2, 0.25) is 0 Å². The van der Waals surface area contributed by atoms with Crippen molar-refractivity contribution in [1.82, 2.24) is 10.7 Å². The highest BCUT2D eigenvalue weighted by molar-refractivity contribution is 9.10. The van der Waals surface area contributed by atoms with Crippen LogP contribution in [0.15, 0.2) is 33.8 Å². The predicted octanol–water partition coefficient (Wildman–Crippen LogP) is 2.43. The van der Waals surface area contributed by atoms with E-state index in [0.717, 1.165) is 36.0 Å². The quantitative estimate of drug-likeness (QED) is 0.501. The van der Waals surface area contributed by atoms with Crippen LogP contribution in [-0.2, 0) is 4.74 Å². The van der Waals surface area contributed by atoms with Gasteiger partial charge in [0.25, 0.3) is 0 Å². The molecule has 1 aromatic carbocycles. The maximum atomic E-state index is 5.50. The minimum atomic E-state index is 0.273. The Morgan fingerprint density at radius 3 is 2.95 bits per heavy atom. The molecule has 1 aromatic rings. The zero-order chi connectivity index (χ0) is 13.5. The summed E-state index contributed by atoms with van der Waals surface area (Å²) >= 11 is 8.51. The standard InChI is InChI=1S/C13H16BrN3OS/c14-11-5-3-10(4-6-11)8-16-17-13(19)15-9-12-2-1-7-18-12/h3-6,8,12H,1-2,7,9H2,(H2,15,17,19)/b16-8-/t12-/m1/s1. The molecular formula is C13H16BrN3OS. The highest BCUT2D eigenvalue weighted by atomic mass is 79.9. The molecule has 2 N–H and O–H groups in total. The Morgan fingerprint density at radius 1 is 1.47 bits per heavy atom. The monoisotopic (exact) mass is 341 g/mol. The van der Waals surface area contributed by atoms with Crippen molar-refractivity contribution in [3.63, 3.8) is 0 Å². The van der Waals surface area contributed by atoms with Crippen LogP contribution in [0, 0.1) is 0 Å². The third kappa shape index (κ3) is 5.26. The predicted molar refractivity (Wildman–Crippen MR) is 84.4 cm³/mol. The second-order valence-electron chi connectivity index (χ2n) is 4.27. The third-order valence-electron chi connectivity index (χ3n) is 2.76. The van der Waals surface area contributed by atoms with Crippen LogP contribution in [0.25, 0.3) is 0 Å². The molecule has 102 valence electrons. The number of thiocarbonyl (C=S) groups is 1. The summed E-state index contributed by atoms with van der Waals surface area (Å²) in [6, 6.07) is 7.88. The molecule has 1 saturated heterocycles. The van der Waals surface area contributed by atoms with E-state index < -0.39 is 0 Å². The summed E-state index contributed by atoms with van der Waals surface area (Å²) in [6.07, 6.45) is 4.23. The van der Waals surface area contributed by atoms with Crippen molar-refractivity contribution >= 4 is 39.5 Å². The molecule has 0 radical (unpaired) electrons.